The molecule has 0 unspecified atom stereocenters. The molecule has 2 heterocycles. The second-order valence-corrected chi connectivity index (χ2v) is 3.06. The van der Waals surface area contributed by atoms with Crippen molar-refractivity contribution in [1.82, 2.24) is 10.3 Å². The smallest absolute Gasteiger partial charge is 0.343 e. The molecule has 0 amide bonds. The number of rotatable bonds is 1. The number of ether oxygens (including phenoxy) is 1. The molecule has 1 aromatic rings. The summed E-state index contributed by atoms with van der Waals surface area (Å²) in [5.74, 6) is -0.830. The third-order valence-corrected chi connectivity index (χ3v) is 2.18. The van der Waals surface area contributed by atoms with E-state index in [4.69, 9.17) is 0 Å². The Labute approximate surface area is 80.7 Å². The second kappa shape index (κ2) is 3.26. The second-order valence-electron chi connectivity index (χ2n) is 3.06. The van der Waals surface area contributed by atoms with Crippen molar-refractivity contribution in [3.8, 4) is 5.88 Å². The molecule has 1 aliphatic heterocycles. The number of pyridine rings is 1. The van der Waals surface area contributed by atoms with E-state index in [0.717, 1.165) is 11.3 Å². The van der Waals surface area contributed by atoms with Gasteiger partial charge in [0.1, 0.15) is 5.56 Å². The minimum Gasteiger partial charge on any atom is -0.493 e. The van der Waals surface area contributed by atoms with Gasteiger partial charge in [-0.15, -0.1) is 0 Å². The van der Waals surface area contributed by atoms with E-state index in [1.807, 2.05) is 0 Å². The first-order chi connectivity index (χ1) is 6.72. The fraction of sp³-hybridized carbons (Fsp3) is 0.333. The summed E-state index contributed by atoms with van der Waals surface area (Å²) in [7, 11) is 1.27. The summed E-state index contributed by atoms with van der Waals surface area (Å²) < 4.78 is 4.52. The predicted molar refractivity (Wildman–Crippen MR) is 47.8 cm³/mol. The molecule has 2 N–H and O–H groups in total. The average molecular weight is 194 g/mol. The molecular formula is C9H10N2O3. The van der Waals surface area contributed by atoms with Crippen LogP contribution in [0.15, 0.2) is 6.07 Å². The maximum Gasteiger partial charge on any atom is 0.343 e. The first-order valence-electron chi connectivity index (χ1n) is 4.23. The first kappa shape index (κ1) is 8.96. The van der Waals surface area contributed by atoms with E-state index in [1.165, 1.54) is 7.11 Å². The minimum atomic E-state index is -0.565. The summed E-state index contributed by atoms with van der Waals surface area (Å²) in [4.78, 5) is 15.1. The number of fused-ring (bicyclic) bond motifs is 1. The maximum absolute atomic E-state index is 11.2. The number of aromatic nitrogens is 1. The Kier molecular flexibility index (Phi) is 2.09. The maximum atomic E-state index is 11.2. The van der Waals surface area contributed by atoms with E-state index in [-0.39, 0.29) is 11.4 Å². The van der Waals surface area contributed by atoms with Crippen LogP contribution in [0.25, 0.3) is 0 Å². The van der Waals surface area contributed by atoms with Gasteiger partial charge >= 0.3 is 5.97 Å². The van der Waals surface area contributed by atoms with Crippen LogP contribution in [0.4, 0.5) is 0 Å². The summed E-state index contributed by atoms with van der Waals surface area (Å²) in [5, 5.41) is 12.5. The molecule has 0 bridgehead atoms. The molecular weight excluding hydrogens is 184 g/mol. The van der Waals surface area contributed by atoms with Crippen molar-refractivity contribution >= 4 is 5.97 Å². The van der Waals surface area contributed by atoms with E-state index < -0.39 is 5.97 Å². The number of aromatic hydroxyl groups is 1. The van der Waals surface area contributed by atoms with E-state index in [1.54, 1.807) is 6.07 Å². The van der Waals surface area contributed by atoms with Crippen LogP contribution in [0, 0.1) is 0 Å². The monoisotopic (exact) mass is 194 g/mol. The number of methoxy groups -OCH3 is 1. The SMILES string of the molecule is COC(=O)c1cc2c(nc1O)CNC2. The number of nitrogens with zero attached hydrogens (tertiary/aromatic N) is 1. The van der Waals surface area contributed by atoms with Crippen molar-refractivity contribution in [2.24, 2.45) is 0 Å². The van der Waals surface area contributed by atoms with Gasteiger partial charge < -0.3 is 15.2 Å². The topological polar surface area (TPSA) is 71.5 Å². The summed E-state index contributed by atoms with van der Waals surface area (Å²) in [5.41, 5.74) is 1.84. The lowest BCUT2D eigenvalue weighted by Crippen LogP contribution is -2.04. The minimum absolute atomic E-state index is 0.120. The zero-order valence-electron chi connectivity index (χ0n) is 7.70. The first-order valence-corrected chi connectivity index (χ1v) is 4.23. The zero-order valence-corrected chi connectivity index (χ0v) is 7.70. The molecule has 1 aromatic heterocycles. The van der Waals surface area contributed by atoms with Crippen molar-refractivity contribution in [1.29, 1.82) is 0 Å². The summed E-state index contributed by atoms with van der Waals surface area (Å²) in [6.45, 7) is 1.30. The lowest BCUT2D eigenvalue weighted by molar-refractivity contribution is 0.0596. The van der Waals surface area contributed by atoms with Crippen LogP contribution < -0.4 is 5.32 Å². The molecule has 0 radical (unpaired) electrons. The van der Waals surface area contributed by atoms with Gasteiger partial charge in [-0.25, -0.2) is 9.78 Å². The molecule has 0 spiro atoms. The van der Waals surface area contributed by atoms with Gasteiger partial charge in [-0.1, -0.05) is 0 Å². The molecule has 0 aromatic carbocycles. The van der Waals surface area contributed by atoms with E-state index in [9.17, 15) is 9.90 Å². The van der Waals surface area contributed by atoms with Gasteiger partial charge in [-0.2, -0.15) is 0 Å². The van der Waals surface area contributed by atoms with Crippen LogP contribution in [-0.4, -0.2) is 23.2 Å². The number of nitrogens with one attached hydrogen (secondary N) is 1. The number of esters is 1. The van der Waals surface area contributed by atoms with E-state index in [2.05, 4.69) is 15.0 Å². The largest absolute Gasteiger partial charge is 0.493 e. The molecule has 5 heteroatoms. The molecule has 1 aliphatic rings. The van der Waals surface area contributed by atoms with Gasteiger partial charge in [0.15, 0.2) is 0 Å². The predicted octanol–water partition coefficient (Wildman–Crippen LogP) is 0.177. The summed E-state index contributed by atoms with van der Waals surface area (Å²) in [6, 6.07) is 1.61. The average Bonchev–Trinajstić information content (AvgIpc) is 2.62. The highest BCUT2D eigenvalue weighted by Gasteiger charge is 2.19. The van der Waals surface area contributed by atoms with Gasteiger partial charge in [-0.05, 0) is 11.6 Å². The lowest BCUT2D eigenvalue weighted by atomic mass is 10.1. The number of carbonyl (C=O) groups excluding carboxylic acids is 1. The molecule has 0 saturated carbocycles. The molecule has 0 aliphatic carbocycles. The zero-order chi connectivity index (χ0) is 10.1. The van der Waals surface area contributed by atoms with Gasteiger partial charge in [0, 0.05) is 13.1 Å². The molecule has 74 valence electrons. The normalized spacial score (nSPS) is 13.8. The molecule has 5 nitrogen and oxygen atoms in total. The third-order valence-electron chi connectivity index (χ3n) is 2.18. The lowest BCUT2D eigenvalue weighted by Gasteiger charge is -2.04. The van der Waals surface area contributed by atoms with Crippen LogP contribution in [0.5, 0.6) is 5.88 Å². The van der Waals surface area contributed by atoms with Crippen molar-refractivity contribution in [2.75, 3.05) is 7.11 Å². The van der Waals surface area contributed by atoms with Crippen LogP contribution in [0.3, 0.4) is 0 Å². The summed E-state index contributed by atoms with van der Waals surface area (Å²) in [6.07, 6.45) is 0. The highest BCUT2D eigenvalue weighted by atomic mass is 16.5. The molecule has 0 atom stereocenters. The Morgan fingerprint density at radius 1 is 1.64 bits per heavy atom. The number of carbonyl (C=O) groups is 1. The van der Waals surface area contributed by atoms with E-state index >= 15 is 0 Å². The van der Waals surface area contributed by atoms with Gasteiger partial charge in [0.05, 0.1) is 12.8 Å². The standard InChI is InChI=1S/C9H10N2O3/c1-14-9(13)6-2-5-3-10-4-7(5)11-8(6)12/h2,10H,3-4H2,1H3,(H,11,12). The fourth-order valence-corrected chi connectivity index (χ4v) is 1.46. The Balaban J connectivity index is 2.47. The van der Waals surface area contributed by atoms with Crippen molar-refractivity contribution in [2.45, 2.75) is 13.1 Å². The quantitative estimate of drug-likeness (QED) is 0.624. The van der Waals surface area contributed by atoms with Crippen LogP contribution >= 0.6 is 0 Å². The Hall–Kier alpha value is -1.62. The molecule has 14 heavy (non-hydrogen) atoms. The summed E-state index contributed by atoms with van der Waals surface area (Å²) >= 11 is 0. The third kappa shape index (κ3) is 1.31. The van der Waals surface area contributed by atoms with Crippen molar-refractivity contribution in [3.63, 3.8) is 0 Å². The fourth-order valence-electron chi connectivity index (χ4n) is 1.46. The highest BCUT2D eigenvalue weighted by molar-refractivity contribution is 5.91. The Morgan fingerprint density at radius 3 is 3.14 bits per heavy atom. The van der Waals surface area contributed by atoms with E-state index in [0.29, 0.717) is 13.1 Å². The van der Waals surface area contributed by atoms with Gasteiger partial charge in [-0.3, -0.25) is 0 Å². The van der Waals surface area contributed by atoms with Gasteiger partial charge in [0.25, 0.3) is 0 Å². The molecule has 0 saturated heterocycles. The molecule has 2 rings (SSSR count). The van der Waals surface area contributed by atoms with Crippen LogP contribution in [-0.2, 0) is 17.8 Å². The highest BCUT2D eigenvalue weighted by Crippen LogP contribution is 2.22. The van der Waals surface area contributed by atoms with Crippen LogP contribution in [0.2, 0.25) is 0 Å². The Bertz CT molecular complexity index is 390. The number of hydrogen-bond acceptors (Lipinski definition) is 5. The number of hydrogen-bond donors (Lipinski definition) is 2. The molecule has 0 fully saturated rings. The van der Waals surface area contributed by atoms with Crippen molar-refractivity contribution < 1.29 is 14.6 Å². The van der Waals surface area contributed by atoms with Crippen LogP contribution in [0.1, 0.15) is 21.6 Å². The Morgan fingerprint density at radius 2 is 2.43 bits per heavy atom. The van der Waals surface area contributed by atoms with Gasteiger partial charge in [0.2, 0.25) is 5.88 Å². The van der Waals surface area contributed by atoms with Crippen molar-refractivity contribution in [3.05, 3.63) is 22.9 Å².